The molecule has 1 amide bonds. The van der Waals surface area contributed by atoms with E-state index in [0.717, 1.165) is 29.9 Å². The highest BCUT2D eigenvalue weighted by Gasteiger charge is 2.21. The molecule has 0 bridgehead atoms. The van der Waals surface area contributed by atoms with Crippen LogP contribution in [0.25, 0.3) is 0 Å². The number of amides is 1. The number of anilines is 2. The van der Waals surface area contributed by atoms with Crippen LogP contribution < -0.4 is 15.5 Å². The van der Waals surface area contributed by atoms with Crippen LogP contribution >= 0.6 is 23.8 Å². The van der Waals surface area contributed by atoms with Gasteiger partial charge in [0.1, 0.15) is 0 Å². The van der Waals surface area contributed by atoms with E-state index in [0.29, 0.717) is 23.1 Å². The second kappa shape index (κ2) is 7.64. The van der Waals surface area contributed by atoms with Gasteiger partial charge in [-0.2, -0.15) is 0 Å². The van der Waals surface area contributed by atoms with Gasteiger partial charge in [0.15, 0.2) is 5.11 Å². The van der Waals surface area contributed by atoms with Crippen LogP contribution in [0.2, 0.25) is 5.02 Å². The Hall–Kier alpha value is -2.11. The summed E-state index contributed by atoms with van der Waals surface area (Å²) in [4.78, 5) is 13.7. The summed E-state index contributed by atoms with van der Waals surface area (Å²) in [5.74, 6) is 0.191. The molecule has 1 saturated heterocycles. The summed E-state index contributed by atoms with van der Waals surface area (Å²) in [7, 11) is 0. The van der Waals surface area contributed by atoms with Gasteiger partial charge >= 0.3 is 0 Å². The Morgan fingerprint density at radius 2 is 2.04 bits per heavy atom. The van der Waals surface area contributed by atoms with E-state index < -0.39 is 0 Å². The summed E-state index contributed by atoms with van der Waals surface area (Å²) < 4.78 is 0. The normalized spacial score (nSPS) is 13.9. The van der Waals surface area contributed by atoms with Crippen molar-refractivity contribution in [2.24, 2.45) is 0 Å². The minimum atomic E-state index is 0.191. The lowest BCUT2D eigenvalue weighted by Crippen LogP contribution is -2.28. The Labute approximate surface area is 151 Å². The fraction of sp³-hybridized carbons (Fsp3) is 0.222. The molecule has 24 heavy (non-hydrogen) atoms. The number of rotatable bonds is 4. The number of halogens is 1. The number of carbonyl (C=O) groups excluding carboxylic acids is 1. The fourth-order valence-corrected chi connectivity index (χ4v) is 3.03. The van der Waals surface area contributed by atoms with Crippen molar-refractivity contribution in [2.45, 2.75) is 19.4 Å². The van der Waals surface area contributed by atoms with E-state index in [2.05, 4.69) is 10.6 Å². The quantitative estimate of drug-likeness (QED) is 0.811. The summed E-state index contributed by atoms with van der Waals surface area (Å²) in [6.45, 7) is 1.37. The van der Waals surface area contributed by atoms with Crippen LogP contribution in [0.3, 0.4) is 0 Å². The predicted octanol–water partition coefficient (Wildman–Crippen LogP) is 3.95. The van der Waals surface area contributed by atoms with Gasteiger partial charge in [-0.1, -0.05) is 35.9 Å². The molecule has 4 nitrogen and oxygen atoms in total. The first kappa shape index (κ1) is 16.7. The van der Waals surface area contributed by atoms with E-state index in [1.54, 1.807) is 0 Å². The summed E-state index contributed by atoms with van der Waals surface area (Å²) >= 11 is 11.4. The molecule has 124 valence electrons. The highest BCUT2D eigenvalue weighted by Crippen LogP contribution is 2.22. The van der Waals surface area contributed by atoms with Gasteiger partial charge in [-0.05, 0) is 48.5 Å². The van der Waals surface area contributed by atoms with Crippen LogP contribution in [0.4, 0.5) is 11.4 Å². The van der Waals surface area contributed by atoms with Gasteiger partial charge in [-0.25, -0.2) is 0 Å². The van der Waals surface area contributed by atoms with Crippen LogP contribution in [-0.4, -0.2) is 17.6 Å². The molecule has 1 aliphatic rings. The standard InChI is InChI=1S/C18H18ClN3OS/c19-15-7-1-2-8-16(15)21-18(24)20-12-13-5-3-6-14(11-13)22-10-4-9-17(22)23/h1-3,5-8,11H,4,9-10,12H2,(H2,20,21,24). The van der Waals surface area contributed by atoms with E-state index in [-0.39, 0.29) is 5.91 Å². The topological polar surface area (TPSA) is 44.4 Å². The van der Waals surface area contributed by atoms with Gasteiger partial charge in [-0.15, -0.1) is 0 Å². The predicted molar refractivity (Wildman–Crippen MR) is 103 cm³/mol. The molecule has 0 aliphatic carbocycles. The molecule has 3 rings (SSSR count). The summed E-state index contributed by atoms with van der Waals surface area (Å²) in [6.07, 6.45) is 1.56. The minimum absolute atomic E-state index is 0.191. The molecular formula is C18H18ClN3OS. The average Bonchev–Trinajstić information content (AvgIpc) is 3.01. The smallest absolute Gasteiger partial charge is 0.227 e. The van der Waals surface area contributed by atoms with Crippen molar-refractivity contribution >= 4 is 46.2 Å². The van der Waals surface area contributed by atoms with Crippen molar-refractivity contribution in [2.75, 3.05) is 16.8 Å². The number of hydrogen-bond acceptors (Lipinski definition) is 2. The fourth-order valence-electron chi connectivity index (χ4n) is 2.67. The number of thiocarbonyl (C=S) groups is 1. The molecule has 2 aromatic carbocycles. The molecule has 2 aromatic rings. The third-order valence-electron chi connectivity index (χ3n) is 3.87. The second-order valence-corrected chi connectivity index (χ2v) is 6.42. The maximum atomic E-state index is 11.9. The lowest BCUT2D eigenvalue weighted by molar-refractivity contribution is -0.117. The van der Waals surface area contributed by atoms with E-state index in [4.69, 9.17) is 23.8 Å². The lowest BCUT2D eigenvalue weighted by Gasteiger charge is -2.17. The summed E-state index contributed by atoms with van der Waals surface area (Å²) in [5.41, 5.74) is 2.78. The van der Waals surface area contributed by atoms with Crippen LogP contribution in [-0.2, 0) is 11.3 Å². The van der Waals surface area contributed by atoms with Gasteiger partial charge in [0.2, 0.25) is 5.91 Å². The molecule has 1 aliphatic heterocycles. The van der Waals surface area contributed by atoms with Gasteiger partial charge in [0.25, 0.3) is 0 Å². The second-order valence-electron chi connectivity index (χ2n) is 5.61. The largest absolute Gasteiger partial charge is 0.358 e. The molecule has 2 N–H and O–H groups in total. The first-order valence-corrected chi connectivity index (χ1v) is 8.61. The van der Waals surface area contributed by atoms with E-state index >= 15 is 0 Å². The Morgan fingerprint density at radius 1 is 1.21 bits per heavy atom. The zero-order valence-corrected chi connectivity index (χ0v) is 14.7. The molecule has 0 saturated carbocycles. The summed E-state index contributed by atoms with van der Waals surface area (Å²) in [6, 6.07) is 15.4. The highest BCUT2D eigenvalue weighted by atomic mass is 35.5. The Kier molecular flexibility index (Phi) is 5.33. The Balaban J connectivity index is 1.59. The van der Waals surface area contributed by atoms with Crippen LogP contribution in [0.1, 0.15) is 18.4 Å². The molecule has 0 aromatic heterocycles. The lowest BCUT2D eigenvalue weighted by atomic mass is 10.2. The van der Waals surface area contributed by atoms with E-state index in [9.17, 15) is 4.79 Å². The zero-order chi connectivity index (χ0) is 16.9. The molecule has 6 heteroatoms. The van der Waals surface area contributed by atoms with Crippen molar-refractivity contribution in [3.8, 4) is 0 Å². The first-order valence-electron chi connectivity index (χ1n) is 7.82. The molecular weight excluding hydrogens is 342 g/mol. The van der Waals surface area contributed by atoms with Crippen molar-refractivity contribution in [1.82, 2.24) is 5.32 Å². The monoisotopic (exact) mass is 359 g/mol. The molecule has 0 radical (unpaired) electrons. The van der Waals surface area contributed by atoms with Gasteiger partial charge in [0.05, 0.1) is 10.7 Å². The third-order valence-corrected chi connectivity index (χ3v) is 4.45. The van der Waals surface area contributed by atoms with Crippen molar-refractivity contribution in [1.29, 1.82) is 0 Å². The zero-order valence-electron chi connectivity index (χ0n) is 13.1. The number of hydrogen-bond donors (Lipinski definition) is 2. The molecule has 1 heterocycles. The van der Waals surface area contributed by atoms with Crippen LogP contribution in [0.15, 0.2) is 48.5 Å². The maximum Gasteiger partial charge on any atom is 0.227 e. The minimum Gasteiger partial charge on any atom is -0.358 e. The van der Waals surface area contributed by atoms with Crippen LogP contribution in [0.5, 0.6) is 0 Å². The van der Waals surface area contributed by atoms with Crippen molar-refractivity contribution in [3.63, 3.8) is 0 Å². The number of nitrogens with zero attached hydrogens (tertiary/aromatic N) is 1. The van der Waals surface area contributed by atoms with E-state index in [1.165, 1.54) is 0 Å². The van der Waals surface area contributed by atoms with Gasteiger partial charge in [-0.3, -0.25) is 4.79 Å². The molecule has 0 atom stereocenters. The molecule has 0 spiro atoms. The number of para-hydroxylation sites is 1. The van der Waals surface area contributed by atoms with Gasteiger partial charge < -0.3 is 15.5 Å². The van der Waals surface area contributed by atoms with Crippen molar-refractivity contribution < 1.29 is 4.79 Å². The van der Waals surface area contributed by atoms with Crippen LogP contribution in [0, 0.1) is 0 Å². The number of carbonyl (C=O) groups is 1. The number of nitrogens with one attached hydrogen (secondary N) is 2. The van der Waals surface area contributed by atoms with E-state index in [1.807, 2.05) is 53.4 Å². The van der Waals surface area contributed by atoms with Crippen molar-refractivity contribution in [3.05, 3.63) is 59.1 Å². The Morgan fingerprint density at radius 3 is 2.79 bits per heavy atom. The summed E-state index contributed by atoms with van der Waals surface area (Å²) in [5, 5.41) is 7.37. The maximum absolute atomic E-state index is 11.9. The van der Waals surface area contributed by atoms with Gasteiger partial charge in [0, 0.05) is 25.2 Å². The molecule has 1 fully saturated rings. The average molecular weight is 360 g/mol. The SMILES string of the molecule is O=C1CCCN1c1cccc(CNC(=S)Nc2ccccc2Cl)c1. The third kappa shape index (κ3) is 4.04. The Bertz CT molecular complexity index is 765. The number of benzene rings is 2. The first-order chi connectivity index (χ1) is 11.6. The molecule has 0 unspecified atom stereocenters. The highest BCUT2D eigenvalue weighted by molar-refractivity contribution is 7.80.